The van der Waals surface area contributed by atoms with E-state index in [4.69, 9.17) is 71.1 Å². The summed E-state index contributed by atoms with van der Waals surface area (Å²) in [6.07, 6.45) is -8.31. The zero-order valence-corrected chi connectivity index (χ0v) is 81.8. The van der Waals surface area contributed by atoms with Gasteiger partial charge in [0.25, 0.3) is 11.6 Å². The maximum Gasteiger partial charge on any atom is 0.311 e. The van der Waals surface area contributed by atoms with Gasteiger partial charge >= 0.3 is 59.7 Å². The van der Waals surface area contributed by atoms with Gasteiger partial charge in [-0.1, -0.05) is 19.3 Å². The van der Waals surface area contributed by atoms with Crippen molar-refractivity contribution in [3.8, 4) is 5.75 Å². The van der Waals surface area contributed by atoms with E-state index >= 15 is 0 Å². The molecule has 0 radical (unpaired) electrons. The van der Waals surface area contributed by atoms with Crippen molar-refractivity contribution in [2.45, 2.75) is 316 Å². The van der Waals surface area contributed by atoms with Crippen LogP contribution in [0.15, 0.2) is 0 Å². The number of amides is 10. The van der Waals surface area contributed by atoms with Gasteiger partial charge in [-0.3, -0.25) is 101 Å². The summed E-state index contributed by atoms with van der Waals surface area (Å²) in [4.78, 5) is 256. The Hall–Kier alpha value is -12.0. The van der Waals surface area contributed by atoms with E-state index in [1.807, 2.05) is 0 Å². The molecule has 10 amide bonds. The van der Waals surface area contributed by atoms with E-state index in [1.165, 1.54) is 11.8 Å². The molecule has 3 fully saturated rings. The molecule has 0 aliphatic carbocycles. The highest BCUT2D eigenvalue weighted by molar-refractivity contribution is 5.86. The molecule has 4 rings (SSSR count). The van der Waals surface area contributed by atoms with Crippen molar-refractivity contribution < 1.29 is 194 Å². The van der Waals surface area contributed by atoms with Crippen LogP contribution in [-0.2, 0) is 167 Å². The maximum absolute atomic E-state index is 14.6. The molecule has 0 aromatic heterocycles. The Morgan fingerprint density at radius 2 is 0.690 bits per heavy atom. The van der Waals surface area contributed by atoms with Gasteiger partial charge in [0.1, 0.15) is 44.2 Å². The van der Waals surface area contributed by atoms with Gasteiger partial charge in [0.15, 0.2) is 43.2 Å². The van der Waals surface area contributed by atoms with Gasteiger partial charge in [0.05, 0.1) is 32.0 Å². The fourth-order valence-electron chi connectivity index (χ4n) is 15.0. The van der Waals surface area contributed by atoms with Crippen LogP contribution in [0.4, 0.5) is 22.0 Å². The monoisotopic (exact) mass is 2040 g/mol. The molecule has 12 atom stereocenters. The molecule has 3 saturated heterocycles. The van der Waals surface area contributed by atoms with Crippen LogP contribution in [0.1, 0.15) is 231 Å². The molecule has 12 unspecified atom stereocenters. The van der Waals surface area contributed by atoms with Crippen LogP contribution >= 0.6 is 0 Å². The topological polar surface area (TPSA) is 613 Å². The molecule has 142 heavy (non-hydrogen) atoms. The molecule has 47 nitrogen and oxygen atoms in total. The fraction of sp³-hybridized carbons (Fsp3) is 0.711. The first-order valence-corrected chi connectivity index (χ1v) is 46.6. The van der Waals surface area contributed by atoms with Gasteiger partial charge in [0, 0.05) is 181 Å². The largest absolute Gasteiger partial charge is 0.463 e. The summed E-state index contributed by atoms with van der Waals surface area (Å²) >= 11 is 0. The lowest BCUT2D eigenvalue weighted by Gasteiger charge is -2.47. The highest BCUT2D eigenvalue weighted by atomic mass is 19.2. The number of benzene rings is 1. The lowest BCUT2D eigenvalue weighted by Crippen LogP contribution is -2.68. The second-order valence-corrected chi connectivity index (χ2v) is 33.5. The van der Waals surface area contributed by atoms with Crippen molar-refractivity contribution in [2.24, 2.45) is 0 Å². The number of nitrogens with one attached hydrogen (secondary N) is 10. The average molecular weight is 2040 g/mol. The Balaban J connectivity index is 1.47. The van der Waals surface area contributed by atoms with Gasteiger partial charge in [-0.15, -0.1) is 0 Å². The third-order valence-electron chi connectivity index (χ3n) is 21.0. The number of ether oxygens (including phenoxy) is 16. The minimum Gasteiger partial charge on any atom is -0.463 e. The summed E-state index contributed by atoms with van der Waals surface area (Å²) < 4.78 is 159. The van der Waals surface area contributed by atoms with Gasteiger partial charge in [0.2, 0.25) is 93.9 Å². The third-order valence-corrected chi connectivity index (χ3v) is 21.0. The number of carbonyl (C=O) groups excluding carboxylic acids is 20. The number of hydrogen-bond donors (Lipinski definition) is 10. The Morgan fingerprint density at radius 1 is 0.345 bits per heavy atom. The van der Waals surface area contributed by atoms with Crippen molar-refractivity contribution in [1.29, 1.82) is 0 Å². The number of hydrogen-bond acceptors (Lipinski definition) is 37. The average Bonchev–Trinajstić information content (AvgIpc) is 0.768. The van der Waals surface area contributed by atoms with Gasteiger partial charge in [-0.2, -0.15) is 8.78 Å². The van der Waals surface area contributed by atoms with E-state index in [0.717, 1.165) is 76.2 Å². The lowest BCUT2D eigenvalue weighted by molar-refractivity contribution is -0.324. The van der Waals surface area contributed by atoms with E-state index in [2.05, 4.69) is 57.9 Å². The third kappa shape index (κ3) is 46.8. The molecule has 800 valence electrons. The van der Waals surface area contributed by atoms with Crippen LogP contribution < -0.4 is 57.9 Å². The Bertz CT molecular complexity index is 4220. The van der Waals surface area contributed by atoms with Crippen LogP contribution in [-0.4, -0.2) is 307 Å². The van der Waals surface area contributed by atoms with E-state index in [9.17, 15) is 118 Å². The summed E-state index contributed by atoms with van der Waals surface area (Å²) in [6, 6.07) is -5.28. The highest BCUT2D eigenvalue weighted by Gasteiger charge is 2.59. The van der Waals surface area contributed by atoms with E-state index in [1.54, 1.807) is 0 Å². The van der Waals surface area contributed by atoms with Crippen molar-refractivity contribution in [3.63, 3.8) is 0 Å². The van der Waals surface area contributed by atoms with Gasteiger partial charge < -0.3 is 129 Å². The van der Waals surface area contributed by atoms with Crippen LogP contribution in [0, 0.1) is 29.1 Å². The molecular formula is C90H134F5N11O36. The summed E-state index contributed by atoms with van der Waals surface area (Å²) in [5, 5.41) is 26.9. The van der Waals surface area contributed by atoms with Crippen molar-refractivity contribution in [2.75, 3.05) is 98.5 Å². The predicted molar refractivity (Wildman–Crippen MR) is 475 cm³/mol. The molecule has 0 saturated carbocycles. The van der Waals surface area contributed by atoms with Gasteiger partial charge in [-0.25, -0.2) is 13.2 Å². The summed E-state index contributed by atoms with van der Waals surface area (Å²) in [5.74, 6) is -32.4. The quantitative estimate of drug-likeness (QED) is 0.00648. The van der Waals surface area contributed by atoms with E-state index in [0.29, 0.717) is 57.8 Å². The molecule has 10 N–H and O–H groups in total. The van der Waals surface area contributed by atoms with Crippen LogP contribution in [0.3, 0.4) is 0 Å². The summed E-state index contributed by atoms with van der Waals surface area (Å²) in [6.45, 7) is 10.8. The van der Waals surface area contributed by atoms with Crippen molar-refractivity contribution >= 4 is 119 Å². The minimum atomic E-state index is -2.48. The number of nitrogens with zero attached hydrogens (tertiary/aromatic N) is 1. The molecule has 0 bridgehead atoms. The van der Waals surface area contributed by atoms with Crippen LogP contribution in [0.2, 0.25) is 0 Å². The first-order valence-electron chi connectivity index (χ1n) is 46.6. The molecular weight excluding hydrogens is 1910 g/mol. The summed E-state index contributed by atoms with van der Waals surface area (Å²) in [7, 11) is 0. The van der Waals surface area contributed by atoms with Crippen LogP contribution in [0.5, 0.6) is 5.75 Å². The maximum atomic E-state index is 14.6. The minimum absolute atomic E-state index is 0.0245. The van der Waals surface area contributed by atoms with E-state index in [-0.39, 0.29) is 174 Å². The number of carbonyl (C=O) groups is 20. The lowest BCUT2D eigenvalue weighted by atomic mass is 9.95. The highest BCUT2D eigenvalue weighted by Crippen LogP contribution is 2.39. The standard InChI is InChI=1S/C90H134F5N11O36/c1-51(107)103-79-82(134-58(8)114)80(133-57(7)113)66(50-132-56(6)112)137-86(79)127-41-21-13-16-29-69(121)99-37-27-40-102-85(126)65(28-19-20-34-96-70(122)32-24-33-73(125)138-81-77(94)75(92)74(91)76(93)78(81)95)106(46-71(123)100-38-25-35-97-67(119)30-17-14-22-42-128-87-83(104-52(2)108)89(139-59(9)115,140-60(10)116)44-63(135-87)48-130-54(4)110)47-72(124)101-39-26-36-98-68(120)31-18-15-23-43-129-88-84(105-53(3)109)90(141-61(11)117,142-62(12)118)45-64(136-88)49-131-55(5)111/h63-66,79-80,82-84,86-88H,13-50H2,1-12H3,(H,96,122)(H,97,119)(H,98,120)(H,99,121)(H,100,123)(H,101,124)(H,102,126)(H,103,107)(H,104,108)(H,105,109). The second-order valence-electron chi connectivity index (χ2n) is 33.5. The number of unbranched alkanes of at least 4 members (excludes halogenated alkanes) is 7. The van der Waals surface area contributed by atoms with Crippen LogP contribution in [0.25, 0.3) is 0 Å². The first-order chi connectivity index (χ1) is 67.1. The molecule has 3 aliphatic heterocycles. The SMILES string of the molecule is CC(=O)NC1C(OCCCCCC(=O)NCCCNC(=O)C(CCCCNC(=O)CCCC(=O)Oc2c(F)c(F)c(F)c(F)c2F)N(CC(=O)NCCCNC(=O)CCCCCOC2OC(COC(C)=O)CC(OC(C)=O)(OC(C)=O)C2NC(C)=O)CC(=O)NCCCNC(=O)CCCCCOC2OC(COC(C)=O)CC(OC(C)=O)(OC(C)=O)C2NC(C)=O)OC(COC(C)=O)C(OC(C)=O)C1OC(C)=O. The summed E-state index contributed by atoms with van der Waals surface area (Å²) in [5.41, 5.74) is 0. The number of halogens is 5. The predicted octanol–water partition coefficient (Wildman–Crippen LogP) is 1.68. The van der Waals surface area contributed by atoms with Gasteiger partial charge in [-0.05, 0) is 83.5 Å². The molecule has 52 heteroatoms. The Morgan fingerprint density at radius 3 is 1.06 bits per heavy atom. The molecule has 3 heterocycles. The Kier molecular flexibility index (Phi) is 55.6. The first kappa shape index (κ1) is 122. The number of rotatable bonds is 64. The number of esters is 10. The normalized spacial score (nSPS) is 19.5. The molecule has 1 aromatic rings. The smallest absolute Gasteiger partial charge is 0.311 e. The zero-order valence-electron chi connectivity index (χ0n) is 81.8. The van der Waals surface area contributed by atoms with E-state index < -0.39 is 254 Å². The Labute approximate surface area is 816 Å². The molecule has 0 spiro atoms. The molecule has 1 aromatic carbocycles. The fourth-order valence-corrected chi connectivity index (χ4v) is 15.0. The van der Waals surface area contributed by atoms with Crippen molar-refractivity contribution in [1.82, 2.24) is 58.1 Å². The zero-order chi connectivity index (χ0) is 106. The van der Waals surface area contributed by atoms with Crippen molar-refractivity contribution in [3.05, 3.63) is 29.1 Å². The molecule has 3 aliphatic rings. The second kappa shape index (κ2) is 64.5.